The highest BCUT2D eigenvalue weighted by Gasteiger charge is 2.44. The largest absolute Gasteiger partial charge is 0.383 e. The molecule has 3 rings (SSSR count). The summed E-state index contributed by atoms with van der Waals surface area (Å²) < 4.78 is 31.1. The molecular formula is C20H32N2O3S. The summed E-state index contributed by atoms with van der Waals surface area (Å²) in [5, 5.41) is 2.35. The smallest absolute Gasteiger partial charge is 0.179 e. The van der Waals surface area contributed by atoms with Gasteiger partial charge in [0.1, 0.15) is 0 Å². The molecule has 1 saturated heterocycles. The summed E-state index contributed by atoms with van der Waals surface area (Å²) in [4.78, 5) is 0.413. The summed E-state index contributed by atoms with van der Waals surface area (Å²) >= 11 is 0. The van der Waals surface area contributed by atoms with Crippen LogP contribution in [0.1, 0.15) is 45.4 Å². The summed E-state index contributed by atoms with van der Waals surface area (Å²) in [6.45, 7) is 2.81. The van der Waals surface area contributed by atoms with Crippen LogP contribution in [0.3, 0.4) is 0 Å². The lowest BCUT2D eigenvalue weighted by Gasteiger charge is -2.34. The molecule has 0 bridgehead atoms. The van der Waals surface area contributed by atoms with E-state index in [0.29, 0.717) is 23.6 Å². The van der Waals surface area contributed by atoms with Gasteiger partial charge < -0.3 is 4.74 Å². The SMILES string of the molecule is CCC[C@@H](CS(=O)(=O)c1ccccc1)NN1[C@@H](COC)C[C@H]2CCC[C@H]21. The Bertz CT molecular complexity index is 665. The summed E-state index contributed by atoms with van der Waals surface area (Å²) in [7, 11) is -1.55. The van der Waals surface area contributed by atoms with E-state index in [9.17, 15) is 8.42 Å². The first kappa shape index (κ1) is 19.8. The number of ether oxygens (including phenoxy) is 1. The molecule has 2 aliphatic rings. The molecule has 0 spiro atoms. The van der Waals surface area contributed by atoms with E-state index in [2.05, 4.69) is 17.4 Å². The highest BCUT2D eigenvalue weighted by molar-refractivity contribution is 7.91. The number of hydrazine groups is 1. The van der Waals surface area contributed by atoms with Crippen LogP contribution in [0.5, 0.6) is 0 Å². The molecule has 1 aromatic carbocycles. The molecule has 0 radical (unpaired) electrons. The third-order valence-corrected chi connectivity index (χ3v) is 7.63. The second kappa shape index (κ2) is 8.83. The number of hydrogen-bond donors (Lipinski definition) is 1. The lowest BCUT2D eigenvalue weighted by Crippen LogP contribution is -2.54. The fraction of sp³-hybridized carbons (Fsp3) is 0.700. The molecule has 2 fully saturated rings. The Hall–Kier alpha value is -0.950. The molecule has 1 heterocycles. The van der Waals surface area contributed by atoms with Crippen molar-refractivity contribution in [3.63, 3.8) is 0 Å². The van der Waals surface area contributed by atoms with E-state index in [1.807, 2.05) is 6.07 Å². The van der Waals surface area contributed by atoms with Crippen molar-refractivity contribution in [1.82, 2.24) is 10.4 Å². The molecule has 4 atom stereocenters. The van der Waals surface area contributed by atoms with Gasteiger partial charge in [-0.2, -0.15) is 0 Å². The molecule has 6 heteroatoms. The topological polar surface area (TPSA) is 58.6 Å². The molecule has 26 heavy (non-hydrogen) atoms. The molecule has 1 aliphatic carbocycles. The second-order valence-corrected chi connectivity index (χ2v) is 9.75. The van der Waals surface area contributed by atoms with Crippen molar-refractivity contribution in [2.75, 3.05) is 19.5 Å². The van der Waals surface area contributed by atoms with Gasteiger partial charge >= 0.3 is 0 Å². The predicted molar refractivity (Wildman–Crippen MR) is 104 cm³/mol. The van der Waals surface area contributed by atoms with Crippen LogP contribution in [0.2, 0.25) is 0 Å². The van der Waals surface area contributed by atoms with Gasteiger partial charge in [-0.3, -0.25) is 5.43 Å². The van der Waals surface area contributed by atoms with Crippen LogP contribution < -0.4 is 5.43 Å². The lowest BCUT2D eigenvalue weighted by molar-refractivity contribution is 0.0439. The Labute approximate surface area is 158 Å². The van der Waals surface area contributed by atoms with Crippen LogP contribution in [0, 0.1) is 5.92 Å². The minimum atomic E-state index is -3.30. The molecule has 0 aromatic heterocycles. The van der Waals surface area contributed by atoms with Gasteiger partial charge in [-0.1, -0.05) is 38.0 Å². The van der Waals surface area contributed by atoms with Crippen LogP contribution in [-0.4, -0.2) is 51.0 Å². The molecule has 1 saturated carbocycles. The molecule has 146 valence electrons. The molecule has 5 nitrogen and oxygen atoms in total. The Morgan fingerprint density at radius 3 is 2.73 bits per heavy atom. The molecule has 1 aliphatic heterocycles. The number of rotatable bonds is 9. The van der Waals surface area contributed by atoms with Gasteiger partial charge in [0.2, 0.25) is 0 Å². The van der Waals surface area contributed by atoms with Gasteiger partial charge in [-0.15, -0.1) is 0 Å². The summed E-state index contributed by atoms with van der Waals surface area (Å²) in [6.07, 6.45) is 6.70. The van der Waals surface area contributed by atoms with Gasteiger partial charge in [0, 0.05) is 25.2 Å². The average molecular weight is 381 g/mol. The van der Waals surface area contributed by atoms with E-state index < -0.39 is 9.84 Å². The number of hydrogen-bond acceptors (Lipinski definition) is 5. The van der Waals surface area contributed by atoms with Crippen molar-refractivity contribution in [3.05, 3.63) is 30.3 Å². The summed E-state index contributed by atoms with van der Waals surface area (Å²) in [5.41, 5.74) is 3.62. The van der Waals surface area contributed by atoms with Crippen LogP contribution in [0.25, 0.3) is 0 Å². The number of fused-ring (bicyclic) bond motifs is 1. The molecule has 1 aromatic rings. The van der Waals surface area contributed by atoms with Crippen LogP contribution in [0.4, 0.5) is 0 Å². The van der Waals surface area contributed by atoms with Crippen molar-refractivity contribution in [2.24, 2.45) is 5.92 Å². The van der Waals surface area contributed by atoms with Gasteiger partial charge in [0.15, 0.2) is 9.84 Å². The monoisotopic (exact) mass is 380 g/mol. The summed E-state index contributed by atoms with van der Waals surface area (Å²) in [6, 6.07) is 9.59. The zero-order chi connectivity index (χ0) is 18.6. The van der Waals surface area contributed by atoms with Gasteiger partial charge in [-0.05, 0) is 43.7 Å². The number of sulfone groups is 1. The van der Waals surface area contributed by atoms with Crippen molar-refractivity contribution in [3.8, 4) is 0 Å². The van der Waals surface area contributed by atoms with Gasteiger partial charge in [-0.25, -0.2) is 13.4 Å². The van der Waals surface area contributed by atoms with E-state index in [-0.39, 0.29) is 11.8 Å². The second-order valence-electron chi connectivity index (χ2n) is 7.72. The molecule has 0 unspecified atom stereocenters. The van der Waals surface area contributed by atoms with Gasteiger partial charge in [0.25, 0.3) is 0 Å². The zero-order valence-electron chi connectivity index (χ0n) is 15.9. The molecular weight excluding hydrogens is 348 g/mol. The normalized spacial score (nSPS) is 27.5. The van der Waals surface area contributed by atoms with Crippen molar-refractivity contribution in [1.29, 1.82) is 0 Å². The minimum absolute atomic E-state index is 0.0658. The van der Waals surface area contributed by atoms with E-state index >= 15 is 0 Å². The quantitative estimate of drug-likeness (QED) is 0.714. The fourth-order valence-electron chi connectivity index (χ4n) is 4.67. The average Bonchev–Trinajstić information content (AvgIpc) is 3.19. The number of benzene rings is 1. The first-order chi connectivity index (χ1) is 12.5. The summed E-state index contributed by atoms with van der Waals surface area (Å²) in [5.74, 6) is 0.856. The van der Waals surface area contributed by atoms with E-state index in [0.717, 1.165) is 25.2 Å². The standard InChI is InChI=1S/C20H32N2O3S/c1-3-8-17(15-26(23,24)19-10-5-4-6-11-19)21-22-18(14-25-2)13-16-9-7-12-20(16)22/h4-6,10-11,16-18,20-21H,3,7-9,12-15H2,1-2H3/t16-,17+,18-,20-/m1/s1. The van der Waals surface area contributed by atoms with Gasteiger partial charge in [0.05, 0.1) is 17.3 Å². The van der Waals surface area contributed by atoms with Crippen LogP contribution in [0.15, 0.2) is 35.2 Å². The third kappa shape index (κ3) is 4.47. The molecule has 0 amide bonds. The first-order valence-electron chi connectivity index (χ1n) is 9.86. The van der Waals surface area contributed by atoms with Crippen molar-refractivity contribution < 1.29 is 13.2 Å². The predicted octanol–water partition coefficient (Wildman–Crippen LogP) is 3.02. The number of methoxy groups -OCH3 is 1. The number of nitrogens with zero attached hydrogens (tertiary/aromatic N) is 1. The Balaban J connectivity index is 1.73. The van der Waals surface area contributed by atoms with E-state index in [1.54, 1.807) is 31.4 Å². The van der Waals surface area contributed by atoms with Crippen LogP contribution >= 0.6 is 0 Å². The van der Waals surface area contributed by atoms with Crippen molar-refractivity contribution >= 4 is 9.84 Å². The maximum absolute atomic E-state index is 12.8. The maximum atomic E-state index is 12.8. The molecule has 1 N–H and O–H groups in total. The van der Waals surface area contributed by atoms with E-state index in [1.165, 1.54) is 19.3 Å². The minimum Gasteiger partial charge on any atom is -0.383 e. The van der Waals surface area contributed by atoms with Crippen LogP contribution in [-0.2, 0) is 14.6 Å². The van der Waals surface area contributed by atoms with Crippen molar-refractivity contribution in [2.45, 2.75) is 68.5 Å². The Kier molecular flexibility index (Phi) is 6.72. The lowest BCUT2D eigenvalue weighted by atomic mass is 10.0. The maximum Gasteiger partial charge on any atom is 0.179 e. The third-order valence-electron chi connectivity index (χ3n) is 5.80. The Morgan fingerprint density at radius 2 is 2.04 bits per heavy atom. The highest BCUT2D eigenvalue weighted by atomic mass is 32.2. The first-order valence-corrected chi connectivity index (χ1v) is 11.5. The van der Waals surface area contributed by atoms with E-state index in [4.69, 9.17) is 4.74 Å². The highest BCUT2D eigenvalue weighted by Crippen LogP contribution is 2.40. The number of nitrogens with one attached hydrogen (secondary N) is 1. The fourth-order valence-corrected chi connectivity index (χ4v) is 6.20. The zero-order valence-corrected chi connectivity index (χ0v) is 16.7. The Morgan fingerprint density at radius 1 is 1.27 bits per heavy atom.